The number of hydrogen-bond acceptors (Lipinski definition) is 5. The molecule has 1 amide bonds. The van der Waals surface area contributed by atoms with Crippen LogP contribution in [0.2, 0.25) is 15.1 Å². The number of sulfonamides is 2. The molecule has 0 unspecified atom stereocenters. The normalized spacial score (nSPS) is 11.6. The van der Waals surface area contributed by atoms with Gasteiger partial charge in [0.1, 0.15) is 6.54 Å². The number of nitrogens with zero attached hydrogens (tertiary/aromatic N) is 1. The SMILES string of the molecule is Cc1c(Cl)cccc1NS(=O)(=O)c1ccc(NC(=O)CN(c2ccc(Cl)cc2Cl)S(=O)(=O)c2ccccc2)cc1. The number of anilines is 3. The van der Waals surface area contributed by atoms with Gasteiger partial charge in [0.15, 0.2) is 0 Å². The lowest BCUT2D eigenvalue weighted by molar-refractivity contribution is -0.114. The summed E-state index contributed by atoms with van der Waals surface area (Å²) in [6, 6.07) is 22.1. The maximum Gasteiger partial charge on any atom is 0.264 e. The molecule has 0 spiro atoms. The van der Waals surface area contributed by atoms with Gasteiger partial charge in [-0.25, -0.2) is 16.8 Å². The molecule has 0 saturated carbocycles. The Hall–Kier alpha value is -3.28. The quantitative estimate of drug-likeness (QED) is 0.215. The third kappa shape index (κ3) is 6.71. The molecule has 208 valence electrons. The average molecular weight is 639 g/mol. The fourth-order valence-corrected chi connectivity index (χ4v) is 6.99. The molecule has 0 saturated heterocycles. The molecule has 0 radical (unpaired) electrons. The standard InChI is InChI=1S/C27H22Cl3N3O5S2/c1-18-23(29)8-5-9-25(18)32-39(35,36)21-13-11-20(12-14-21)31-27(34)17-33(26-15-10-19(28)16-24(26)30)40(37,38)22-6-3-2-4-7-22/h2-16,32H,17H2,1H3,(H,31,34). The largest absolute Gasteiger partial charge is 0.325 e. The van der Waals surface area contributed by atoms with Crippen molar-refractivity contribution in [2.24, 2.45) is 0 Å². The number of nitrogens with one attached hydrogen (secondary N) is 2. The third-order valence-electron chi connectivity index (χ3n) is 5.76. The van der Waals surface area contributed by atoms with E-state index in [4.69, 9.17) is 34.8 Å². The minimum Gasteiger partial charge on any atom is -0.325 e. The van der Waals surface area contributed by atoms with E-state index in [1.165, 1.54) is 54.6 Å². The lowest BCUT2D eigenvalue weighted by atomic mass is 10.2. The maximum atomic E-state index is 13.5. The van der Waals surface area contributed by atoms with Crippen LogP contribution < -0.4 is 14.3 Å². The molecule has 13 heteroatoms. The molecule has 0 bridgehead atoms. The summed E-state index contributed by atoms with van der Waals surface area (Å²) in [6.07, 6.45) is 0. The molecule has 4 aromatic carbocycles. The Morgan fingerprint density at radius 1 is 0.775 bits per heavy atom. The highest BCUT2D eigenvalue weighted by Gasteiger charge is 2.29. The summed E-state index contributed by atoms with van der Waals surface area (Å²) >= 11 is 18.4. The first-order valence-electron chi connectivity index (χ1n) is 11.6. The number of benzene rings is 4. The molecule has 8 nitrogen and oxygen atoms in total. The minimum absolute atomic E-state index is 0.0363. The van der Waals surface area contributed by atoms with Crippen molar-refractivity contribution >= 4 is 77.8 Å². The van der Waals surface area contributed by atoms with Gasteiger partial charge in [-0.05, 0) is 79.2 Å². The molecule has 2 N–H and O–H groups in total. The van der Waals surface area contributed by atoms with Crippen molar-refractivity contribution < 1.29 is 21.6 Å². The zero-order chi connectivity index (χ0) is 29.1. The number of carbonyl (C=O) groups is 1. The zero-order valence-electron chi connectivity index (χ0n) is 20.8. The van der Waals surface area contributed by atoms with Crippen molar-refractivity contribution in [1.82, 2.24) is 0 Å². The van der Waals surface area contributed by atoms with E-state index in [0.717, 1.165) is 4.31 Å². The van der Waals surface area contributed by atoms with E-state index in [-0.39, 0.29) is 26.2 Å². The van der Waals surface area contributed by atoms with Crippen molar-refractivity contribution in [3.63, 3.8) is 0 Å². The van der Waals surface area contributed by atoms with E-state index in [0.29, 0.717) is 21.3 Å². The van der Waals surface area contributed by atoms with Gasteiger partial charge in [-0.2, -0.15) is 0 Å². The van der Waals surface area contributed by atoms with Crippen LogP contribution in [0.5, 0.6) is 0 Å². The predicted molar refractivity (Wildman–Crippen MR) is 160 cm³/mol. The summed E-state index contributed by atoms with van der Waals surface area (Å²) in [5.74, 6) is -0.686. The lowest BCUT2D eigenvalue weighted by Crippen LogP contribution is -2.38. The second-order valence-electron chi connectivity index (χ2n) is 8.51. The Labute approximate surface area is 247 Å². The van der Waals surface area contributed by atoms with Gasteiger partial charge in [-0.15, -0.1) is 0 Å². The van der Waals surface area contributed by atoms with Crippen LogP contribution in [0.25, 0.3) is 0 Å². The Kier molecular flexibility index (Phi) is 8.96. The first kappa shape index (κ1) is 29.7. The van der Waals surface area contributed by atoms with Gasteiger partial charge in [0, 0.05) is 15.7 Å². The first-order valence-corrected chi connectivity index (χ1v) is 15.6. The summed E-state index contributed by atoms with van der Waals surface area (Å²) in [5, 5.41) is 3.35. The summed E-state index contributed by atoms with van der Waals surface area (Å²) in [6.45, 7) is 1.07. The molecule has 0 atom stereocenters. The van der Waals surface area contributed by atoms with Crippen LogP contribution in [0.3, 0.4) is 0 Å². The highest BCUT2D eigenvalue weighted by molar-refractivity contribution is 7.93. The van der Waals surface area contributed by atoms with Crippen LogP contribution in [0, 0.1) is 6.92 Å². The highest BCUT2D eigenvalue weighted by atomic mass is 35.5. The van der Waals surface area contributed by atoms with E-state index in [2.05, 4.69) is 10.0 Å². The first-order chi connectivity index (χ1) is 18.9. The molecule has 0 aliphatic rings. The van der Waals surface area contributed by atoms with Gasteiger partial charge in [-0.1, -0.05) is 59.1 Å². The van der Waals surface area contributed by atoms with Crippen LogP contribution in [-0.4, -0.2) is 29.3 Å². The molecule has 4 aromatic rings. The average Bonchev–Trinajstić information content (AvgIpc) is 2.91. The molecule has 0 aromatic heterocycles. The van der Waals surface area contributed by atoms with Gasteiger partial charge in [0.05, 0.1) is 26.2 Å². The van der Waals surface area contributed by atoms with Gasteiger partial charge >= 0.3 is 0 Å². The number of carbonyl (C=O) groups excluding carboxylic acids is 1. The van der Waals surface area contributed by atoms with Crippen LogP contribution in [-0.2, 0) is 24.8 Å². The smallest absolute Gasteiger partial charge is 0.264 e. The zero-order valence-corrected chi connectivity index (χ0v) is 24.7. The molecule has 0 fully saturated rings. The van der Waals surface area contributed by atoms with Crippen molar-refractivity contribution in [3.05, 3.63) is 112 Å². The summed E-state index contributed by atoms with van der Waals surface area (Å²) < 4.78 is 56.1. The highest BCUT2D eigenvalue weighted by Crippen LogP contribution is 2.33. The summed E-state index contributed by atoms with van der Waals surface area (Å²) in [4.78, 5) is 12.9. The van der Waals surface area contributed by atoms with E-state index in [9.17, 15) is 21.6 Å². The topological polar surface area (TPSA) is 113 Å². The van der Waals surface area contributed by atoms with Crippen LogP contribution in [0.15, 0.2) is 101 Å². The number of hydrogen-bond donors (Lipinski definition) is 2. The van der Waals surface area contributed by atoms with Gasteiger partial charge in [0.25, 0.3) is 20.0 Å². The third-order valence-corrected chi connectivity index (χ3v) is 9.86. The molecular formula is C27H22Cl3N3O5S2. The van der Waals surface area contributed by atoms with Crippen LogP contribution >= 0.6 is 34.8 Å². The fraction of sp³-hybridized carbons (Fsp3) is 0.0741. The van der Waals surface area contributed by atoms with Crippen molar-refractivity contribution in [2.45, 2.75) is 16.7 Å². The monoisotopic (exact) mass is 637 g/mol. The minimum atomic E-state index is -4.19. The van der Waals surface area contributed by atoms with Crippen LogP contribution in [0.4, 0.5) is 17.1 Å². The molecule has 0 aliphatic carbocycles. The fourth-order valence-electron chi connectivity index (χ4n) is 3.67. The Balaban J connectivity index is 1.55. The van der Waals surface area contributed by atoms with E-state index in [1.807, 2.05) is 0 Å². The predicted octanol–water partition coefficient (Wildman–Crippen LogP) is 6.59. The maximum absolute atomic E-state index is 13.5. The van der Waals surface area contributed by atoms with Gasteiger partial charge in [0.2, 0.25) is 5.91 Å². The lowest BCUT2D eigenvalue weighted by Gasteiger charge is -2.25. The second kappa shape index (κ2) is 12.1. The Bertz CT molecular complexity index is 1770. The summed E-state index contributed by atoms with van der Waals surface area (Å²) in [7, 11) is -8.14. The van der Waals surface area contributed by atoms with E-state index in [1.54, 1.807) is 43.3 Å². The molecule has 4 rings (SSSR count). The van der Waals surface area contributed by atoms with Crippen molar-refractivity contribution in [2.75, 3.05) is 20.9 Å². The number of amides is 1. The summed E-state index contributed by atoms with van der Waals surface area (Å²) in [5.41, 5.74) is 1.23. The number of halogens is 3. The molecule has 0 heterocycles. The van der Waals surface area contributed by atoms with Gasteiger partial charge < -0.3 is 5.32 Å². The molecule has 0 aliphatic heterocycles. The van der Waals surface area contributed by atoms with Gasteiger partial charge in [-0.3, -0.25) is 13.8 Å². The van der Waals surface area contributed by atoms with Crippen molar-refractivity contribution in [1.29, 1.82) is 0 Å². The second-order valence-corrected chi connectivity index (χ2v) is 13.3. The molecular weight excluding hydrogens is 617 g/mol. The Morgan fingerprint density at radius 2 is 1.45 bits per heavy atom. The van der Waals surface area contributed by atoms with E-state index < -0.39 is 32.5 Å². The number of rotatable bonds is 9. The van der Waals surface area contributed by atoms with E-state index >= 15 is 0 Å². The van der Waals surface area contributed by atoms with Crippen LogP contribution in [0.1, 0.15) is 5.56 Å². The molecule has 40 heavy (non-hydrogen) atoms. The van der Waals surface area contributed by atoms with Crippen molar-refractivity contribution in [3.8, 4) is 0 Å². The Morgan fingerprint density at radius 3 is 2.10 bits per heavy atom.